The van der Waals surface area contributed by atoms with Crippen LogP contribution in [0.3, 0.4) is 0 Å². The second-order valence-corrected chi connectivity index (χ2v) is 4.96. The average Bonchev–Trinajstić information content (AvgIpc) is 3.21. The lowest BCUT2D eigenvalue weighted by Crippen LogP contribution is -2.32. The fourth-order valence-corrected chi connectivity index (χ4v) is 2.15. The van der Waals surface area contributed by atoms with Gasteiger partial charge in [-0.05, 0) is 30.5 Å². The van der Waals surface area contributed by atoms with E-state index in [1.165, 1.54) is 5.56 Å². The maximum Gasteiger partial charge on any atom is 0.223 e. The lowest BCUT2D eigenvalue weighted by molar-refractivity contribution is -0.122. The standard InChI is InChI=1S/C14H18N4O/c19-14(10-3-4-10)17-7-6-15-8-11-9-18-13-12(11)2-1-5-16-13/h1-2,5,9-10,15H,3-4,6-8H2,(H,16,18)(H,17,19). The number of aromatic nitrogens is 2. The van der Waals surface area contributed by atoms with Gasteiger partial charge in [0.25, 0.3) is 0 Å². The molecule has 1 aliphatic carbocycles. The van der Waals surface area contributed by atoms with Gasteiger partial charge < -0.3 is 15.6 Å². The van der Waals surface area contributed by atoms with Gasteiger partial charge in [-0.25, -0.2) is 4.98 Å². The van der Waals surface area contributed by atoms with Crippen molar-refractivity contribution in [2.45, 2.75) is 19.4 Å². The van der Waals surface area contributed by atoms with Gasteiger partial charge in [0.1, 0.15) is 5.65 Å². The van der Waals surface area contributed by atoms with Crippen LogP contribution >= 0.6 is 0 Å². The van der Waals surface area contributed by atoms with E-state index in [0.717, 1.165) is 37.0 Å². The van der Waals surface area contributed by atoms with E-state index in [9.17, 15) is 4.79 Å². The quantitative estimate of drug-likeness (QED) is 0.681. The summed E-state index contributed by atoms with van der Waals surface area (Å²) in [6, 6.07) is 4.00. The highest BCUT2D eigenvalue weighted by atomic mass is 16.2. The van der Waals surface area contributed by atoms with Gasteiger partial charge in [0.15, 0.2) is 0 Å². The maximum absolute atomic E-state index is 11.4. The number of hydrogen-bond acceptors (Lipinski definition) is 3. The number of carbonyl (C=O) groups excluding carboxylic acids is 1. The molecule has 100 valence electrons. The number of nitrogens with one attached hydrogen (secondary N) is 3. The molecule has 0 atom stereocenters. The number of carbonyl (C=O) groups is 1. The number of pyridine rings is 1. The lowest BCUT2D eigenvalue weighted by atomic mass is 10.2. The number of H-pyrrole nitrogens is 1. The van der Waals surface area contributed by atoms with E-state index in [1.807, 2.05) is 12.3 Å². The molecular formula is C14H18N4O. The first kappa shape index (κ1) is 12.2. The first-order chi connectivity index (χ1) is 9.34. The van der Waals surface area contributed by atoms with Gasteiger partial charge in [-0.15, -0.1) is 0 Å². The molecule has 0 radical (unpaired) electrons. The zero-order chi connectivity index (χ0) is 13.1. The predicted octanol–water partition coefficient (Wildman–Crippen LogP) is 1.18. The van der Waals surface area contributed by atoms with Crippen LogP contribution in [-0.4, -0.2) is 29.0 Å². The molecule has 1 aliphatic rings. The lowest BCUT2D eigenvalue weighted by Gasteiger charge is -2.05. The first-order valence-electron chi connectivity index (χ1n) is 6.74. The molecule has 1 fully saturated rings. The molecule has 0 spiro atoms. The van der Waals surface area contributed by atoms with E-state index in [2.05, 4.69) is 26.7 Å². The molecule has 1 amide bonds. The Labute approximate surface area is 111 Å². The van der Waals surface area contributed by atoms with Crippen LogP contribution in [0, 0.1) is 5.92 Å². The Hall–Kier alpha value is -1.88. The van der Waals surface area contributed by atoms with Crippen LogP contribution in [0.15, 0.2) is 24.5 Å². The minimum Gasteiger partial charge on any atom is -0.355 e. The Morgan fingerprint density at radius 3 is 3.16 bits per heavy atom. The summed E-state index contributed by atoms with van der Waals surface area (Å²) in [7, 11) is 0. The fraction of sp³-hybridized carbons (Fsp3) is 0.429. The Bertz CT molecular complexity index is 574. The minimum absolute atomic E-state index is 0.207. The molecule has 0 saturated heterocycles. The van der Waals surface area contributed by atoms with Gasteiger partial charge in [0.2, 0.25) is 5.91 Å². The molecule has 5 nitrogen and oxygen atoms in total. The summed E-state index contributed by atoms with van der Waals surface area (Å²) in [5.41, 5.74) is 2.12. The van der Waals surface area contributed by atoms with Gasteiger partial charge in [0, 0.05) is 43.3 Å². The van der Waals surface area contributed by atoms with Crippen molar-refractivity contribution in [1.82, 2.24) is 20.6 Å². The summed E-state index contributed by atoms with van der Waals surface area (Å²) >= 11 is 0. The summed E-state index contributed by atoms with van der Waals surface area (Å²) < 4.78 is 0. The maximum atomic E-state index is 11.4. The summed E-state index contributed by atoms with van der Waals surface area (Å²) in [5, 5.41) is 7.42. The molecule has 19 heavy (non-hydrogen) atoms. The summed E-state index contributed by atoms with van der Waals surface area (Å²) in [6.07, 6.45) is 5.88. The SMILES string of the molecule is O=C(NCCNCc1c[nH]c2ncccc12)C1CC1. The third-order valence-electron chi connectivity index (χ3n) is 3.40. The van der Waals surface area contributed by atoms with Gasteiger partial charge in [-0.3, -0.25) is 4.79 Å². The van der Waals surface area contributed by atoms with Crippen LogP contribution in [0.4, 0.5) is 0 Å². The third kappa shape index (κ3) is 2.93. The van der Waals surface area contributed by atoms with Crippen molar-refractivity contribution < 1.29 is 4.79 Å². The molecule has 2 aromatic heterocycles. The average molecular weight is 258 g/mol. The number of nitrogens with zero attached hydrogens (tertiary/aromatic N) is 1. The highest BCUT2D eigenvalue weighted by Gasteiger charge is 2.28. The monoisotopic (exact) mass is 258 g/mol. The van der Waals surface area contributed by atoms with Crippen molar-refractivity contribution in [3.8, 4) is 0 Å². The number of fused-ring (bicyclic) bond motifs is 1. The molecule has 0 aliphatic heterocycles. The Morgan fingerprint density at radius 1 is 1.42 bits per heavy atom. The molecule has 0 bridgehead atoms. The van der Waals surface area contributed by atoms with E-state index in [-0.39, 0.29) is 5.91 Å². The van der Waals surface area contributed by atoms with Crippen molar-refractivity contribution in [3.63, 3.8) is 0 Å². The largest absolute Gasteiger partial charge is 0.355 e. The van der Waals surface area contributed by atoms with Crippen LogP contribution in [0.2, 0.25) is 0 Å². The first-order valence-corrected chi connectivity index (χ1v) is 6.74. The fourth-order valence-electron chi connectivity index (χ4n) is 2.15. The van der Waals surface area contributed by atoms with E-state index in [4.69, 9.17) is 0 Å². The summed E-state index contributed by atoms with van der Waals surface area (Å²) in [4.78, 5) is 18.8. The van der Waals surface area contributed by atoms with Gasteiger partial charge >= 0.3 is 0 Å². The third-order valence-corrected chi connectivity index (χ3v) is 3.40. The second kappa shape index (κ2) is 5.40. The van der Waals surface area contributed by atoms with Crippen molar-refractivity contribution in [3.05, 3.63) is 30.1 Å². The molecule has 2 aromatic rings. The molecule has 0 aromatic carbocycles. The Morgan fingerprint density at radius 2 is 2.32 bits per heavy atom. The number of hydrogen-bond donors (Lipinski definition) is 3. The van der Waals surface area contributed by atoms with Crippen LogP contribution in [0.5, 0.6) is 0 Å². The van der Waals surface area contributed by atoms with Crippen LogP contribution < -0.4 is 10.6 Å². The van der Waals surface area contributed by atoms with E-state index in [1.54, 1.807) is 6.20 Å². The number of rotatable bonds is 6. The van der Waals surface area contributed by atoms with Crippen LogP contribution in [0.1, 0.15) is 18.4 Å². The number of aromatic amines is 1. The zero-order valence-electron chi connectivity index (χ0n) is 10.8. The summed E-state index contributed by atoms with van der Waals surface area (Å²) in [5.74, 6) is 0.498. The number of amides is 1. The Kier molecular flexibility index (Phi) is 3.46. The van der Waals surface area contributed by atoms with Gasteiger partial charge in [0.05, 0.1) is 0 Å². The van der Waals surface area contributed by atoms with Crippen molar-refractivity contribution in [2.24, 2.45) is 5.92 Å². The molecule has 3 rings (SSSR count). The smallest absolute Gasteiger partial charge is 0.223 e. The molecule has 5 heteroatoms. The van der Waals surface area contributed by atoms with Crippen molar-refractivity contribution in [2.75, 3.05) is 13.1 Å². The van der Waals surface area contributed by atoms with Gasteiger partial charge in [-0.1, -0.05) is 0 Å². The predicted molar refractivity (Wildman–Crippen MR) is 73.5 cm³/mol. The van der Waals surface area contributed by atoms with Crippen LogP contribution in [-0.2, 0) is 11.3 Å². The molecule has 2 heterocycles. The van der Waals surface area contributed by atoms with E-state index in [0.29, 0.717) is 12.5 Å². The minimum atomic E-state index is 0.207. The van der Waals surface area contributed by atoms with Crippen LogP contribution in [0.25, 0.3) is 11.0 Å². The van der Waals surface area contributed by atoms with E-state index >= 15 is 0 Å². The highest BCUT2D eigenvalue weighted by Crippen LogP contribution is 2.28. The summed E-state index contributed by atoms with van der Waals surface area (Å²) in [6.45, 7) is 2.26. The van der Waals surface area contributed by atoms with Gasteiger partial charge in [-0.2, -0.15) is 0 Å². The molecule has 1 saturated carbocycles. The normalized spacial score (nSPS) is 14.7. The molecular weight excluding hydrogens is 240 g/mol. The Balaban J connectivity index is 1.43. The second-order valence-electron chi connectivity index (χ2n) is 4.96. The molecule has 0 unspecified atom stereocenters. The molecule has 3 N–H and O–H groups in total. The van der Waals surface area contributed by atoms with Crippen molar-refractivity contribution in [1.29, 1.82) is 0 Å². The van der Waals surface area contributed by atoms with E-state index < -0.39 is 0 Å². The van der Waals surface area contributed by atoms with Crippen molar-refractivity contribution >= 4 is 16.9 Å². The topological polar surface area (TPSA) is 69.8 Å². The zero-order valence-corrected chi connectivity index (χ0v) is 10.8. The highest BCUT2D eigenvalue weighted by molar-refractivity contribution is 5.80.